The highest BCUT2D eigenvalue weighted by molar-refractivity contribution is 6.22. The van der Waals surface area contributed by atoms with Gasteiger partial charge in [-0.25, -0.2) is 28.8 Å². The van der Waals surface area contributed by atoms with Crippen molar-refractivity contribution in [1.29, 1.82) is 0 Å². The van der Waals surface area contributed by atoms with Gasteiger partial charge in [0, 0.05) is 0 Å². The van der Waals surface area contributed by atoms with Gasteiger partial charge in [-0.05, 0) is 71.8 Å². The number of cyclic esters (lactones) is 2. The van der Waals surface area contributed by atoms with E-state index in [0.717, 1.165) is 24.3 Å². The normalized spacial score (nSPS) is 13.3. The Morgan fingerprint density at radius 1 is 0.477 bits per heavy atom. The van der Waals surface area contributed by atoms with E-state index in [-0.39, 0.29) is 34.1 Å². The number of rotatable bonds is 10. The zero-order valence-corrected chi connectivity index (χ0v) is 22.0. The summed E-state index contributed by atoms with van der Waals surface area (Å²) < 4.78 is 16.0. The van der Waals surface area contributed by atoms with Gasteiger partial charge in [0.05, 0.1) is 22.3 Å². The summed E-state index contributed by atoms with van der Waals surface area (Å²) in [5.74, 6) is -6.94. The number of carbonyl (C=O) groups excluding carboxylic acids is 2. The van der Waals surface area contributed by atoms with Crippen molar-refractivity contribution in [3.05, 3.63) is 118 Å². The summed E-state index contributed by atoms with van der Waals surface area (Å²) in [5, 5.41) is 37.0. The first kappa shape index (κ1) is 29.0. The summed E-state index contributed by atoms with van der Waals surface area (Å²) in [6.45, 7) is 0. The van der Waals surface area contributed by atoms with E-state index in [1.54, 1.807) is 0 Å². The first-order chi connectivity index (χ1) is 20.9. The van der Waals surface area contributed by atoms with Crippen LogP contribution >= 0.6 is 0 Å². The number of aromatic carboxylic acids is 4. The van der Waals surface area contributed by atoms with Gasteiger partial charge in [-0.15, -0.1) is 0 Å². The van der Waals surface area contributed by atoms with Crippen LogP contribution in [0.3, 0.4) is 0 Å². The van der Waals surface area contributed by atoms with Crippen LogP contribution in [0.1, 0.15) is 52.6 Å². The molecule has 220 valence electrons. The smallest absolute Gasteiger partial charge is 0.340 e. The van der Waals surface area contributed by atoms with Gasteiger partial charge in [-0.2, -0.15) is 0 Å². The minimum absolute atomic E-state index is 0.0395. The molecule has 0 saturated carbocycles. The Morgan fingerprint density at radius 2 is 0.795 bits per heavy atom. The molecule has 0 bridgehead atoms. The molecule has 0 amide bonds. The summed E-state index contributed by atoms with van der Waals surface area (Å²) in [5.41, 5.74) is -3.11. The van der Waals surface area contributed by atoms with Crippen LogP contribution in [0.2, 0.25) is 0 Å². The number of esters is 2. The fourth-order valence-electron chi connectivity index (χ4n) is 4.63. The number of carboxylic acid groups (broad SMARTS) is 4. The molecule has 4 N–H and O–H groups in total. The Hall–Kier alpha value is -6.50. The lowest BCUT2D eigenvalue weighted by Crippen LogP contribution is -2.57. The summed E-state index contributed by atoms with van der Waals surface area (Å²) >= 11 is 0. The maximum atomic E-state index is 12.8. The van der Waals surface area contributed by atoms with Crippen molar-refractivity contribution in [3.63, 3.8) is 0 Å². The van der Waals surface area contributed by atoms with E-state index in [2.05, 4.69) is 0 Å². The number of carbonyl (C=O) groups is 6. The minimum atomic E-state index is -1.81. The van der Waals surface area contributed by atoms with Crippen LogP contribution in [0.15, 0.2) is 84.9 Å². The topological polar surface area (TPSA) is 211 Å². The lowest BCUT2D eigenvalue weighted by atomic mass is 9.71. The Morgan fingerprint density at radius 3 is 1.09 bits per heavy atom. The quantitative estimate of drug-likeness (QED) is 0.147. The second-order valence-electron chi connectivity index (χ2n) is 9.32. The maximum Gasteiger partial charge on any atom is 0.340 e. The van der Waals surface area contributed by atoms with Crippen molar-refractivity contribution in [1.82, 2.24) is 0 Å². The molecule has 0 spiro atoms. The molecule has 0 aromatic heterocycles. The molecule has 0 radical (unpaired) electrons. The predicted octanol–water partition coefficient (Wildman–Crippen LogP) is 4.43. The van der Waals surface area contributed by atoms with E-state index >= 15 is 0 Å². The second kappa shape index (κ2) is 11.1. The molecule has 13 nitrogen and oxygen atoms in total. The molecule has 1 saturated heterocycles. The molecule has 0 aliphatic carbocycles. The van der Waals surface area contributed by atoms with Gasteiger partial charge in [0.15, 0.2) is 0 Å². The lowest BCUT2D eigenvalue weighted by molar-refractivity contribution is -0.184. The fraction of sp³-hybridized carbons (Fsp3) is 0.0323. The van der Waals surface area contributed by atoms with Crippen LogP contribution in [0, 0.1) is 0 Å². The molecule has 1 heterocycles. The summed E-state index contributed by atoms with van der Waals surface area (Å²) in [6, 6.07) is 18.4. The number of hydrogen-bond donors (Lipinski definition) is 4. The number of carboxylic acids is 4. The van der Waals surface area contributed by atoms with Crippen molar-refractivity contribution in [2.75, 3.05) is 0 Å². The molecule has 44 heavy (non-hydrogen) atoms. The Kier molecular flexibility index (Phi) is 7.29. The van der Waals surface area contributed by atoms with Gasteiger partial charge in [0.2, 0.25) is 5.41 Å². The molecule has 5 rings (SSSR count). The van der Waals surface area contributed by atoms with Crippen LogP contribution in [-0.4, -0.2) is 56.2 Å². The molecule has 0 unspecified atom stereocenters. The minimum Gasteiger partial charge on any atom is -0.478 e. The zero-order chi connectivity index (χ0) is 31.8. The molecule has 1 aliphatic rings. The SMILES string of the molecule is O=C(O)c1ccc(Oc2ccc(C3(c4ccc(Oc5ccc(C(=O)O)c(C(=O)O)c5)cc4)C(=O)OC3=O)cc2)cc1C(=O)O. The van der Waals surface area contributed by atoms with Crippen molar-refractivity contribution in [3.8, 4) is 23.0 Å². The number of ether oxygens (including phenoxy) is 3. The molecule has 4 aromatic carbocycles. The molecule has 4 aromatic rings. The Bertz CT molecular complexity index is 1730. The summed E-state index contributed by atoms with van der Waals surface area (Å²) in [4.78, 5) is 71.1. The van der Waals surface area contributed by atoms with Gasteiger partial charge in [0.25, 0.3) is 0 Å². The van der Waals surface area contributed by atoms with E-state index < -0.39 is 63.5 Å². The van der Waals surface area contributed by atoms with Gasteiger partial charge in [-0.3, -0.25) is 0 Å². The van der Waals surface area contributed by atoms with E-state index in [4.69, 9.17) is 14.2 Å². The van der Waals surface area contributed by atoms with E-state index in [0.29, 0.717) is 0 Å². The summed E-state index contributed by atoms with van der Waals surface area (Å²) in [7, 11) is 0. The molecule has 13 heteroatoms. The highest BCUT2D eigenvalue weighted by atomic mass is 16.6. The average molecular weight is 598 g/mol. The largest absolute Gasteiger partial charge is 0.478 e. The van der Waals surface area contributed by atoms with Crippen LogP contribution in [0.25, 0.3) is 0 Å². The summed E-state index contributed by atoms with van der Waals surface area (Å²) in [6.07, 6.45) is 0. The van der Waals surface area contributed by atoms with Crippen LogP contribution < -0.4 is 9.47 Å². The first-order valence-corrected chi connectivity index (χ1v) is 12.5. The van der Waals surface area contributed by atoms with E-state index in [1.165, 1.54) is 60.7 Å². The molecular weight excluding hydrogens is 580 g/mol. The van der Waals surface area contributed by atoms with Gasteiger partial charge in [0.1, 0.15) is 23.0 Å². The maximum absolute atomic E-state index is 12.8. The van der Waals surface area contributed by atoms with Crippen molar-refractivity contribution < 1.29 is 63.4 Å². The van der Waals surface area contributed by atoms with Crippen molar-refractivity contribution in [2.24, 2.45) is 0 Å². The Balaban J connectivity index is 1.40. The molecule has 1 aliphatic heterocycles. The third-order valence-electron chi connectivity index (χ3n) is 6.75. The highest BCUT2D eigenvalue weighted by Crippen LogP contribution is 2.43. The first-order valence-electron chi connectivity index (χ1n) is 12.5. The molecule has 0 atom stereocenters. The number of hydrogen-bond acceptors (Lipinski definition) is 9. The highest BCUT2D eigenvalue weighted by Gasteiger charge is 2.61. The van der Waals surface area contributed by atoms with Crippen molar-refractivity contribution in [2.45, 2.75) is 5.41 Å². The number of benzene rings is 4. The van der Waals surface area contributed by atoms with Gasteiger partial charge >= 0.3 is 35.8 Å². The van der Waals surface area contributed by atoms with Gasteiger partial charge in [-0.1, -0.05) is 24.3 Å². The monoisotopic (exact) mass is 598 g/mol. The second-order valence-corrected chi connectivity index (χ2v) is 9.32. The van der Waals surface area contributed by atoms with Crippen LogP contribution in [0.5, 0.6) is 23.0 Å². The molecular formula is C31H18O13. The third-order valence-corrected chi connectivity index (χ3v) is 6.75. The standard InChI is InChI=1S/C31H18O13/c32-25(33)21-11-9-19(13-23(21)27(36)37)42-17-5-1-15(2-6-17)31(29(40)44-30(31)41)16-3-7-18(8-4-16)43-20-10-12-22(26(34)35)24(14-20)28(38)39/h1-14H,(H,32,33)(H,34,35)(H,36,37)(H,38,39). The Labute approximate surface area is 246 Å². The predicted molar refractivity (Wildman–Crippen MR) is 146 cm³/mol. The molecule has 1 fully saturated rings. The van der Waals surface area contributed by atoms with Crippen molar-refractivity contribution >= 4 is 35.8 Å². The zero-order valence-electron chi connectivity index (χ0n) is 22.0. The van der Waals surface area contributed by atoms with E-state index in [9.17, 15) is 49.2 Å². The third kappa shape index (κ3) is 5.05. The van der Waals surface area contributed by atoms with Crippen LogP contribution in [-0.2, 0) is 19.7 Å². The average Bonchev–Trinajstić information content (AvgIpc) is 2.98. The lowest BCUT2D eigenvalue weighted by Gasteiger charge is -2.37. The van der Waals surface area contributed by atoms with E-state index in [1.807, 2.05) is 0 Å². The van der Waals surface area contributed by atoms with Crippen LogP contribution in [0.4, 0.5) is 0 Å². The fourth-order valence-corrected chi connectivity index (χ4v) is 4.63. The van der Waals surface area contributed by atoms with Gasteiger partial charge < -0.3 is 34.6 Å².